The van der Waals surface area contributed by atoms with Gasteiger partial charge in [0.15, 0.2) is 0 Å². The van der Waals surface area contributed by atoms with Crippen LogP contribution in [0.25, 0.3) is 0 Å². The third kappa shape index (κ3) is 3.48. The van der Waals surface area contributed by atoms with Gasteiger partial charge in [-0.25, -0.2) is 0 Å². The number of nitrogens with two attached hydrogens (primary N) is 1. The molecule has 18 heavy (non-hydrogen) atoms. The van der Waals surface area contributed by atoms with Gasteiger partial charge in [0, 0.05) is 10.2 Å². The Morgan fingerprint density at radius 2 is 2.11 bits per heavy atom. The van der Waals surface area contributed by atoms with E-state index in [-0.39, 0.29) is 0 Å². The zero-order chi connectivity index (χ0) is 13.0. The summed E-state index contributed by atoms with van der Waals surface area (Å²) in [7, 11) is 0. The van der Waals surface area contributed by atoms with Gasteiger partial charge in [0.05, 0.1) is 12.7 Å². The maximum Gasteiger partial charge on any atom is 0.0731 e. The van der Waals surface area contributed by atoms with Crippen molar-refractivity contribution in [2.45, 2.75) is 51.7 Å². The van der Waals surface area contributed by atoms with E-state index >= 15 is 0 Å². The Morgan fingerprint density at radius 1 is 1.33 bits per heavy atom. The molecule has 0 saturated heterocycles. The summed E-state index contributed by atoms with van der Waals surface area (Å²) >= 11 is 3.54. The first-order valence-corrected chi connectivity index (χ1v) is 7.65. The second-order valence-corrected chi connectivity index (χ2v) is 6.01. The molecule has 2 unspecified atom stereocenters. The number of benzene rings is 1. The van der Waals surface area contributed by atoms with Crippen LogP contribution in [0.1, 0.15) is 44.6 Å². The summed E-state index contributed by atoms with van der Waals surface area (Å²) < 4.78 is 7.17. The molecule has 0 aromatic heterocycles. The molecule has 1 saturated carbocycles. The van der Waals surface area contributed by atoms with E-state index in [0.29, 0.717) is 12.7 Å². The Bertz CT molecular complexity index is 394. The molecule has 1 fully saturated rings. The molecule has 1 aromatic rings. The number of hydrogen-bond acceptors (Lipinski definition) is 2. The van der Waals surface area contributed by atoms with Crippen LogP contribution in [0.2, 0.25) is 0 Å². The molecule has 2 nitrogen and oxygen atoms in total. The normalized spacial score (nSPS) is 24.1. The van der Waals surface area contributed by atoms with Crippen molar-refractivity contribution >= 4 is 21.6 Å². The molecule has 0 bridgehead atoms. The van der Waals surface area contributed by atoms with Crippen molar-refractivity contribution in [1.29, 1.82) is 0 Å². The van der Waals surface area contributed by atoms with Crippen LogP contribution in [-0.2, 0) is 11.3 Å². The average molecular weight is 312 g/mol. The molecule has 1 aliphatic carbocycles. The highest BCUT2D eigenvalue weighted by molar-refractivity contribution is 9.10. The summed E-state index contributed by atoms with van der Waals surface area (Å²) in [5, 5.41) is 0. The van der Waals surface area contributed by atoms with Gasteiger partial charge in [0.2, 0.25) is 0 Å². The van der Waals surface area contributed by atoms with Crippen LogP contribution in [0.5, 0.6) is 0 Å². The third-order valence-electron chi connectivity index (χ3n) is 3.89. The topological polar surface area (TPSA) is 35.2 Å². The lowest BCUT2D eigenvalue weighted by molar-refractivity contribution is -0.0223. The van der Waals surface area contributed by atoms with Crippen LogP contribution in [0.15, 0.2) is 22.7 Å². The smallest absolute Gasteiger partial charge is 0.0731 e. The van der Waals surface area contributed by atoms with Gasteiger partial charge >= 0.3 is 0 Å². The van der Waals surface area contributed by atoms with Crippen LogP contribution in [0.3, 0.4) is 0 Å². The van der Waals surface area contributed by atoms with Crippen molar-refractivity contribution in [3.8, 4) is 0 Å². The number of nitrogen functional groups attached to an aromatic ring is 1. The zero-order valence-corrected chi connectivity index (χ0v) is 12.6. The number of rotatable bonds is 4. The van der Waals surface area contributed by atoms with Gasteiger partial charge in [0.25, 0.3) is 0 Å². The molecule has 1 aromatic carbocycles. The van der Waals surface area contributed by atoms with Gasteiger partial charge in [-0.1, -0.05) is 48.2 Å². The second-order valence-electron chi connectivity index (χ2n) is 5.15. The summed E-state index contributed by atoms with van der Waals surface area (Å²) in [5.41, 5.74) is 7.71. The van der Waals surface area contributed by atoms with Crippen molar-refractivity contribution < 1.29 is 4.74 Å². The van der Waals surface area contributed by atoms with Crippen LogP contribution < -0.4 is 5.73 Å². The molecule has 0 amide bonds. The average Bonchev–Trinajstić information content (AvgIpc) is 2.38. The Hall–Kier alpha value is -0.540. The molecule has 0 spiro atoms. The maximum atomic E-state index is 6.12. The van der Waals surface area contributed by atoms with Gasteiger partial charge < -0.3 is 10.5 Å². The van der Waals surface area contributed by atoms with Crippen molar-refractivity contribution in [3.63, 3.8) is 0 Å². The van der Waals surface area contributed by atoms with Crippen molar-refractivity contribution in [1.82, 2.24) is 0 Å². The minimum atomic E-state index is 0.438. The van der Waals surface area contributed by atoms with Gasteiger partial charge in [-0.2, -0.15) is 0 Å². The molecule has 0 radical (unpaired) electrons. The largest absolute Gasteiger partial charge is 0.399 e. The Balaban J connectivity index is 1.93. The maximum absolute atomic E-state index is 6.12. The van der Waals surface area contributed by atoms with Crippen LogP contribution in [-0.4, -0.2) is 6.10 Å². The summed E-state index contributed by atoms with van der Waals surface area (Å²) in [4.78, 5) is 0. The first-order valence-electron chi connectivity index (χ1n) is 6.86. The molecule has 0 heterocycles. The lowest BCUT2D eigenvalue weighted by Gasteiger charge is -2.30. The van der Waals surface area contributed by atoms with Gasteiger partial charge in [-0.05, 0) is 36.5 Å². The minimum absolute atomic E-state index is 0.438. The summed E-state index contributed by atoms with van der Waals surface area (Å²) in [6.45, 7) is 2.95. The Kier molecular flexibility index (Phi) is 5.07. The standard InChI is InChI=1S/C15H22BrNO/c1-2-11-5-3-4-6-15(11)18-10-12-7-8-13(17)9-14(12)16/h7-9,11,15H,2-6,10,17H2,1H3. The summed E-state index contributed by atoms with van der Waals surface area (Å²) in [6, 6.07) is 5.92. The fourth-order valence-corrected chi connectivity index (χ4v) is 3.25. The minimum Gasteiger partial charge on any atom is -0.399 e. The van der Waals surface area contributed by atoms with Crippen LogP contribution in [0.4, 0.5) is 5.69 Å². The first kappa shape index (κ1) is 13.9. The molecule has 0 aliphatic heterocycles. The van der Waals surface area contributed by atoms with Crippen molar-refractivity contribution in [2.75, 3.05) is 5.73 Å². The van der Waals surface area contributed by atoms with Crippen LogP contribution >= 0.6 is 15.9 Å². The molecular weight excluding hydrogens is 290 g/mol. The first-order chi connectivity index (χ1) is 8.70. The Morgan fingerprint density at radius 3 is 2.83 bits per heavy atom. The Labute approximate surface area is 118 Å². The highest BCUT2D eigenvalue weighted by Gasteiger charge is 2.24. The molecule has 1 aliphatic rings. The predicted molar refractivity (Wildman–Crippen MR) is 79.4 cm³/mol. The summed E-state index contributed by atoms with van der Waals surface area (Å²) in [5.74, 6) is 0.742. The fraction of sp³-hybridized carbons (Fsp3) is 0.600. The van der Waals surface area contributed by atoms with Crippen molar-refractivity contribution in [2.24, 2.45) is 5.92 Å². The van der Waals surface area contributed by atoms with Crippen LogP contribution in [0, 0.1) is 5.92 Å². The molecule has 2 N–H and O–H groups in total. The number of anilines is 1. The van der Waals surface area contributed by atoms with E-state index in [1.165, 1.54) is 37.7 Å². The monoisotopic (exact) mass is 311 g/mol. The fourth-order valence-electron chi connectivity index (χ4n) is 2.74. The quantitative estimate of drug-likeness (QED) is 0.830. The highest BCUT2D eigenvalue weighted by Crippen LogP contribution is 2.30. The predicted octanol–water partition coefficient (Wildman–Crippen LogP) is 4.52. The third-order valence-corrected chi connectivity index (χ3v) is 4.63. The number of halogens is 1. The SMILES string of the molecule is CCC1CCCCC1OCc1ccc(N)cc1Br. The molecule has 3 heteroatoms. The van der Waals surface area contributed by atoms with Gasteiger partial charge in [-0.15, -0.1) is 0 Å². The van der Waals surface area contributed by atoms with E-state index in [1.54, 1.807) is 0 Å². The van der Waals surface area contributed by atoms with Gasteiger partial charge in [0.1, 0.15) is 0 Å². The molecule has 2 rings (SSSR count). The van der Waals surface area contributed by atoms with Gasteiger partial charge in [-0.3, -0.25) is 0 Å². The lowest BCUT2D eigenvalue weighted by atomic mass is 9.85. The van der Waals surface area contributed by atoms with E-state index in [2.05, 4.69) is 22.9 Å². The van der Waals surface area contributed by atoms with E-state index < -0.39 is 0 Å². The number of ether oxygens (including phenoxy) is 1. The zero-order valence-electron chi connectivity index (χ0n) is 11.0. The molecular formula is C15H22BrNO. The van der Waals surface area contributed by atoms with E-state index in [0.717, 1.165) is 16.1 Å². The summed E-state index contributed by atoms with van der Waals surface area (Å²) in [6.07, 6.45) is 6.88. The van der Waals surface area contributed by atoms with E-state index in [1.807, 2.05) is 18.2 Å². The lowest BCUT2D eigenvalue weighted by Crippen LogP contribution is -2.27. The highest BCUT2D eigenvalue weighted by atomic mass is 79.9. The van der Waals surface area contributed by atoms with E-state index in [4.69, 9.17) is 10.5 Å². The number of hydrogen-bond donors (Lipinski definition) is 1. The molecule has 100 valence electrons. The van der Waals surface area contributed by atoms with Crippen molar-refractivity contribution in [3.05, 3.63) is 28.2 Å². The molecule has 2 atom stereocenters. The second kappa shape index (κ2) is 6.58. The van der Waals surface area contributed by atoms with E-state index in [9.17, 15) is 0 Å².